The molecule has 0 aliphatic carbocycles. The molecule has 1 aliphatic heterocycles. The van der Waals surface area contributed by atoms with Crippen molar-refractivity contribution in [1.82, 2.24) is 5.16 Å². The van der Waals surface area contributed by atoms with Gasteiger partial charge in [0.2, 0.25) is 5.76 Å². The highest BCUT2D eigenvalue weighted by Crippen LogP contribution is 2.34. The van der Waals surface area contributed by atoms with Gasteiger partial charge in [-0.25, -0.2) is 4.79 Å². The molecule has 7 nitrogen and oxygen atoms in total. The van der Waals surface area contributed by atoms with Crippen LogP contribution in [0.15, 0.2) is 50.0 Å². The van der Waals surface area contributed by atoms with Crippen LogP contribution < -0.4 is 9.47 Å². The van der Waals surface area contributed by atoms with E-state index < -0.39 is 5.97 Å². The van der Waals surface area contributed by atoms with E-state index in [1.807, 2.05) is 18.2 Å². The van der Waals surface area contributed by atoms with Crippen molar-refractivity contribution in [2.75, 3.05) is 13.2 Å². The van der Waals surface area contributed by atoms with Gasteiger partial charge in [0.05, 0.1) is 0 Å². The minimum atomic E-state index is -0.574. The summed E-state index contributed by atoms with van der Waals surface area (Å²) in [5, 5.41) is 3.91. The summed E-state index contributed by atoms with van der Waals surface area (Å²) in [5.74, 6) is 1.45. The summed E-state index contributed by atoms with van der Waals surface area (Å²) in [5.41, 5.74) is 1.29. The second kappa shape index (κ2) is 6.64. The first kappa shape index (κ1) is 15.8. The van der Waals surface area contributed by atoms with E-state index in [0.29, 0.717) is 40.8 Å². The minimum absolute atomic E-state index is 0.0226. The van der Waals surface area contributed by atoms with Gasteiger partial charge in [-0.2, -0.15) is 0 Å². The predicted octanol–water partition coefficient (Wildman–Crippen LogP) is 3.83. The van der Waals surface area contributed by atoms with E-state index >= 15 is 0 Å². The van der Waals surface area contributed by atoms with Crippen molar-refractivity contribution in [1.29, 1.82) is 0 Å². The number of fused-ring (bicyclic) bond motifs is 1. The number of rotatable bonds is 4. The molecule has 25 heavy (non-hydrogen) atoms. The Hall–Kier alpha value is -2.74. The van der Waals surface area contributed by atoms with Gasteiger partial charge in [-0.3, -0.25) is 0 Å². The lowest BCUT2D eigenvalue weighted by molar-refractivity contribution is 0.0426. The Morgan fingerprint density at radius 3 is 2.76 bits per heavy atom. The standard InChI is InChI=1S/C17H12BrNO6/c18-16-4-3-13(24-16)17(20)23-9-11-8-14(25-19-11)10-1-2-12-15(7-10)22-6-5-21-12/h1-4,7-8H,5-6,9H2. The van der Waals surface area contributed by atoms with Crippen LogP contribution in [0.3, 0.4) is 0 Å². The van der Waals surface area contributed by atoms with Gasteiger partial charge in [0, 0.05) is 11.6 Å². The maximum absolute atomic E-state index is 11.8. The van der Waals surface area contributed by atoms with Gasteiger partial charge in [-0.1, -0.05) is 5.16 Å². The molecule has 0 fully saturated rings. The molecular formula is C17H12BrNO6. The molecule has 1 aliphatic rings. The average molecular weight is 406 g/mol. The van der Waals surface area contributed by atoms with Gasteiger partial charge in [-0.05, 0) is 46.3 Å². The van der Waals surface area contributed by atoms with Gasteiger partial charge in [0.25, 0.3) is 0 Å². The van der Waals surface area contributed by atoms with Crippen LogP contribution in [0.1, 0.15) is 16.2 Å². The molecule has 2 aromatic heterocycles. The summed E-state index contributed by atoms with van der Waals surface area (Å²) in [7, 11) is 0. The first-order chi connectivity index (χ1) is 12.2. The fourth-order valence-corrected chi connectivity index (χ4v) is 2.65. The molecule has 4 rings (SSSR count). The molecule has 0 atom stereocenters. The molecule has 1 aromatic carbocycles. The lowest BCUT2D eigenvalue weighted by Crippen LogP contribution is -2.15. The second-order valence-corrected chi connectivity index (χ2v) is 6.00. The van der Waals surface area contributed by atoms with Crippen LogP contribution >= 0.6 is 15.9 Å². The molecular weight excluding hydrogens is 394 g/mol. The summed E-state index contributed by atoms with van der Waals surface area (Å²) in [6.45, 7) is 1.03. The van der Waals surface area contributed by atoms with Crippen molar-refractivity contribution in [2.45, 2.75) is 6.61 Å². The highest BCUT2D eigenvalue weighted by atomic mass is 79.9. The lowest BCUT2D eigenvalue weighted by Gasteiger charge is -2.18. The molecule has 0 bridgehead atoms. The molecule has 0 amide bonds. The number of hydrogen-bond acceptors (Lipinski definition) is 7. The third-order valence-electron chi connectivity index (χ3n) is 3.51. The Kier molecular flexibility index (Phi) is 4.19. The van der Waals surface area contributed by atoms with E-state index in [9.17, 15) is 4.79 Å². The maximum atomic E-state index is 11.8. The van der Waals surface area contributed by atoms with Crippen molar-refractivity contribution in [2.24, 2.45) is 0 Å². The molecule has 0 radical (unpaired) electrons. The number of furan rings is 1. The van der Waals surface area contributed by atoms with Crippen molar-refractivity contribution in [3.05, 3.63) is 52.5 Å². The number of ether oxygens (including phenoxy) is 3. The summed E-state index contributed by atoms with van der Waals surface area (Å²) >= 11 is 3.13. The van der Waals surface area contributed by atoms with Crippen molar-refractivity contribution in [3.8, 4) is 22.8 Å². The Morgan fingerprint density at radius 2 is 1.96 bits per heavy atom. The molecule has 8 heteroatoms. The van der Waals surface area contributed by atoms with Crippen LogP contribution in [0, 0.1) is 0 Å². The summed E-state index contributed by atoms with van der Waals surface area (Å²) in [4.78, 5) is 11.8. The molecule has 0 unspecified atom stereocenters. The summed E-state index contributed by atoms with van der Waals surface area (Å²) in [6.07, 6.45) is 0. The molecule has 0 saturated heterocycles. The third-order valence-corrected chi connectivity index (χ3v) is 3.94. The zero-order chi connectivity index (χ0) is 17.2. The molecule has 3 heterocycles. The summed E-state index contributed by atoms with van der Waals surface area (Å²) in [6, 6.07) is 10.3. The van der Waals surface area contributed by atoms with Crippen LogP contribution in [0.2, 0.25) is 0 Å². The Balaban J connectivity index is 1.44. The van der Waals surface area contributed by atoms with Crippen molar-refractivity contribution >= 4 is 21.9 Å². The van der Waals surface area contributed by atoms with E-state index in [1.165, 1.54) is 6.07 Å². The molecule has 0 saturated carbocycles. The van der Waals surface area contributed by atoms with E-state index in [4.69, 9.17) is 23.2 Å². The molecule has 128 valence electrons. The first-order valence-corrected chi connectivity index (χ1v) is 8.26. The van der Waals surface area contributed by atoms with E-state index in [0.717, 1.165) is 5.56 Å². The number of aromatic nitrogens is 1. The number of hydrogen-bond donors (Lipinski definition) is 0. The van der Waals surface area contributed by atoms with Crippen LogP contribution in [0.5, 0.6) is 11.5 Å². The monoisotopic (exact) mass is 405 g/mol. The maximum Gasteiger partial charge on any atom is 0.374 e. The van der Waals surface area contributed by atoms with Crippen LogP contribution in [0.25, 0.3) is 11.3 Å². The smallest absolute Gasteiger partial charge is 0.374 e. The number of nitrogens with zero attached hydrogens (tertiary/aromatic N) is 1. The van der Waals surface area contributed by atoms with Gasteiger partial charge in [0.15, 0.2) is 21.9 Å². The van der Waals surface area contributed by atoms with E-state index in [1.54, 1.807) is 12.1 Å². The Labute approximate surface area is 150 Å². The molecule has 0 spiro atoms. The Morgan fingerprint density at radius 1 is 1.12 bits per heavy atom. The van der Waals surface area contributed by atoms with Gasteiger partial charge >= 0.3 is 5.97 Å². The topological polar surface area (TPSA) is 83.9 Å². The first-order valence-electron chi connectivity index (χ1n) is 7.47. The van der Waals surface area contributed by atoms with Crippen LogP contribution in [-0.2, 0) is 11.3 Å². The molecule has 0 N–H and O–H groups in total. The second-order valence-electron chi connectivity index (χ2n) is 5.22. The summed E-state index contributed by atoms with van der Waals surface area (Å²) < 4.78 is 27.1. The fraction of sp³-hybridized carbons (Fsp3) is 0.176. The van der Waals surface area contributed by atoms with Gasteiger partial charge in [-0.15, -0.1) is 0 Å². The number of benzene rings is 1. The van der Waals surface area contributed by atoms with Crippen LogP contribution in [-0.4, -0.2) is 24.3 Å². The largest absolute Gasteiger partial charge is 0.486 e. The highest BCUT2D eigenvalue weighted by Gasteiger charge is 2.16. The minimum Gasteiger partial charge on any atom is -0.486 e. The zero-order valence-electron chi connectivity index (χ0n) is 12.9. The fourth-order valence-electron chi connectivity index (χ4n) is 2.35. The average Bonchev–Trinajstić information content (AvgIpc) is 3.28. The highest BCUT2D eigenvalue weighted by molar-refractivity contribution is 9.10. The number of esters is 1. The lowest BCUT2D eigenvalue weighted by atomic mass is 10.1. The normalized spacial score (nSPS) is 12.8. The molecule has 3 aromatic rings. The van der Waals surface area contributed by atoms with Crippen molar-refractivity contribution in [3.63, 3.8) is 0 Å². The predicted molar refractivity (Wildman–Crippen MR) is 88.5 cm³/mol. The SMILES string of the molecule is O=C(OCc1cc(-c2ccc3c(c2)OCCO3)on1)c1ccc(Br)o1. The number of carbonyl (C=O) groups excluding carboxylic acids is 1. The number of carbonyl (C=O) groups is 1. The van der Waals surface area contributed by atoms with E-state index in [-0.39, 0.29) is 12.4 Å². The van der Waals surface area contributed by atoms with Crippen LogP contribution in [0.4, 0.5) is 0 Å². The third kappa shape index (κ3) is 3.39. The number of halogens is 1. The van der Waals surface area contributed by atoms with E-state index in [2.05, 4.69) is 21.1 Å². The van der Waals surface area contributed by atoms with Gasteiger partial charge < -0.3 is 23.2 Å². The Bertz CT molecular complexity index is 916. The van der Waals surface area contributed by atoms with Crippen molar-refractivity contribution < 1.29 is 27.9 Å². The zero-order valence-corrected chi connectivity index (χ0v) is 14.4. The quantitative estimate of drug-likeness (QED) is 0.609. The van der Waals surface area contributed by atoms with Gasteiger partial charge in [0.1, 0.15) is 25.5 Å².